The lowest BCUT2D eigenvalue weighted by Crippen LogP contribution is -2.40. The molecule has 0 bridgehead atoms. The molecule has 0 saturated heterocycles. The van der Waals surface area contributed by atoms with Crippen LogP contribution in [0.15, 0.2) is 24.3 Å². The number of benzene rings is 1. The van der Waals surface area contributed by atoms with Crippen molar-refractivity contribution in [2.24, 2.45) is 0 Å². The molecule has 0 saturated carbocycles. The molecule has 0 aliphatic carbocycles. The second-order valence-corrected chi connectivity index (χ2v) is 6.47. The number of carbonyl (C=O) groups excluding carboxylic acids is 3. The smallest absolute Gasteiger partial charge is 0.407 e. The second kappa shape index (κ2) is 8.33. The molecule has 0 fully saturated rings. The Balaban J connectivity index is 2.59. The fourth-order valence-corrected chi connectivity index (χ4v) is 1.87. The Bertz CT molecular complexity index is 608. The van der Waals surface area contributed by atoms with E-state index in [-0.39, 0.29) is 18.4 Å². The maximum atomic E-state index is 12.0. The van der Waals surface area contributed by atoms with Gasteiger partial charge in [0.25, 0.3) is 0 Å². The number of hydrogen-bond acceptors (Lipinski definition) is 4. The van der Waals surface area contributed by atoms with E-state index in [4.69, 9.17) is 4.74 Å². The first kappa shape index (κ1) is 19.5. The van der Waals surface area contributed by atoms with Crippen LogP contribution in [-0.2, 0) is 20.9 Å². The molecule has 1 atom stereocenters. The molecule has 0 aliphatic heterocycles. The Morgan fingerprint density at radius 3 is 2.46 bits per heavy atom. The number of alkyl carbamates (subject to hydrolysis) is 1. The van der Waals surface area contributed by atoms with E-state index in [1.54, 1.807) is 45.9 Å². The number of hydrogen-bond donors (Lipinski definition) is 3. The molecular weight excluding hydrogens is 310 g/mol. The van der Waals surface area contributed by atoms with Gasteiger partial charge in [0.1, 0.15) is 11.6 Å². The molecule has 3 N–H and O–H groups in total. The van der Waals surface area contributed by atoms with E-state index in [0.717, 1.165) is 5.56 Å². The predicted octanol–water partition coefficient (Wildman–Crippen LogP) is 2.17. The molecule has 132 valence electrons. The van der Waals surface area contributed by atoms with Crippen LogP contribution in [0.1, 0.15) is 40.2 Å². The van der Waals surface area contributed by atoms with Crippen molar-refractivity contribution >= 4 is 23.6 Å². The molecule has 0 unspecified atom stereocenters. The summed E-state index contributed by atoms with van der Waals surface area (Å²) in [6, 6.07) is 6.44. The Hall–Kier alpha value is -2.57. The van der Waals surface area contributed by atoms with Crippen molar-refractivity contribution in [1.29, 1.82) is 0 Å². The minimum Gasteiger partial charge on any atom is -0.444 e. The largest absolute Gasteiger partial charge is 0.444 e. The number of rotatable bonds is 5. The Labute approximate surface area is 142 Å². The predicted molar refractivity (Wildman–Crippen MR) is 91.4 cm³/mol. The SMILES string of the molecule is CC(=O)N[C@H](C)C(=O)Nc1cccc(CNC(=O)OC(C)(C)C)c1. The first-order valence-electron chi connectivity index (χ1n) is 7.70. The number of amides is 3. The van der Waals surface area contributed by atoms with Gasteiger partial charge in [-0.3, -0.25) is 9.59 Å². The summed E-state index contributed by atoms with van der Waals surface area (Å²) >= 11 is 0. The molecule has 0 heterocycles. The van der Waals surface area contributed by atoms with Crippen LogP contribution < -0.4 is 16.0 Å². The molecule has 0 spiro atoms. The van der Waals surface area contributed by atoms with Crippen LogP contribution in [0.4, 0.5) is 10.5 Å². The average molecular weight is 335 g/mol. The summed E-state index contributed by atoms with van der Waals surface area (Å²) in [5, 5.41) is 7.88. The molecular formula is C17H25N3O4. The van der Waals surface area contributed by atoms with E-state index in [2.05, 4.69) is 16.0 Å². The highest BCUT2D eigenvalue weighted by Gasteiger charge is 2.16. The van der Waals surface area contributed by atoms with E-state index in [9.17, 15) is 14.4 Å². The van der Waals surface area contributed by atoms with Crippen LogP contribution in [0.5, 0.6) is 0 Å². The highest BCUT2D eigenvalue weighted by atomic mass is 16.6. The van der Waals surface area contributed by atoms with Gasteiger partial charge in [-0.15, -0.1) is 0 Å². The first-order valence-corrected chi connectivity index (χ1v) is 7.70. The summed E-state index contributed by atoms with van der Waals surface area (Å²) in [7, 11) is 0. The zero-order valence-electron chi connectivity index (χ0n) is 14.7. The summed E-state index contributed by atoms with van der Waals surface area (Å²) < 4.78 is 5.16. The zero-order chi connectivity index (χ0) is 18.3. The molecule has 3 amide bonds. The van der Waals surface area contributed by atoms with Gasteiger partial charge in [-0.05, 0) is 45.4 Å². The maximum absolute atomic E-state index is 12.0. The Morgan fingerprint density at radius 1 is 1.21 bits per heavy atom. The molecule has 0 radical (unpaired) electrons. The lowest BCUT2D eigenvalue weighted by Gasteiger charge is -2.19. The third-order valence-corrected chi connectivity index (χ3v) is 2.84. The van der Waals surface area contributed by atoms with E-state index in [1.165, 1.54) is 6.92 Å². The summed E-state index contributed by atoms with van der Waals surface area (Å²) in [6.45, 7) is 8.61. The lowest BCUT2D eigenvalue weighted by atomic mass is 10.2. The number of nitrogens with one attached hydrogen (secondary N) is 3. The van der Waals surface area contributed by atoms with Gasteiger partial charge in [-0.2, -0.15) is 0 Å². The fraction of sp³-hybridized carbons (Fsp3) is 0.471. The molecule has 1 aromatic rings. The van der Waals surface area contributed by atoms with Crippen molar-refractivity contribution < 1.29 is 19.1 Å². The average Bonchev–Trinajstić information content (AvgIpc) is 2.43. The van der Waals surface area contributed by atoms with Crippen molar-refractivity contribution in [3.63, 3.8) is 0 Å². The van der Waals surface area contributed by atoms with Gasteiger partial charge in [0.05, 0.1) is 0 Å². The Morgan fingerprint density at radius 2 is 1.88 bits per heavy atom. The third-order valence-electron chi connectivity index (χ3n) is 2.84. The minimum absolute atomic E-state index is 0.270. The van der Waals surface area contributed by atoms with Crippen molar-refractivity contribution in [3.05, 3.63) is 29.8 Å². The van der Waals surface area contributed by atoms with Gasteiger partial charge >= 0.3 is 6.09 Å². The number of anilines is 1. The Kier molecular flexibility index (Phi) is 6.76. The number of ether oxygens (including phenoxy) is 1. The second-order valence-electron chi connectivity index (χ2n) is 6.47. The van der Waals surface area contributed by atoms with Gasteiger partial charge in [-0.1, -0.05) is 12.1 Å². The highest BCUT2D eigenvalue weighted by Crippen LogP contribution is 2.12. The van der Waals surface area contributed by atoms with Crippen LogP contribution in [0.25, 0.3) is 0 Å². The summed E-state index contributed by atoms with van der Waals surface area (Å²) in [5.74, 6) is -0.588. The van der Waals surface area contributed by atoms with E-state index in [1.807, 2.05) is 6.07 Å². The molecule has 1 aromatic carbocycles. The van der Waals surface area contributed by atoms with Crippen LogP contribution in [0.3, 0.4) is 0 Å². The normalized spacial score (nSPS) is 12.0. The summed E-state index contributed by atoms with van der Waals surface area (Å²) in [5.41, 5.74) is 0.839. The van der Waals surface area contributed by atoms with Gasteiger partial charge in [-0.25, -0.2) is 4.79 Å². The van der Waals surface area contributed by atoms with Crippen molar-refractivity contribution in [2.45, 2.75) is 52.8 Å². The number of carbonyl (C=O) groups is 3. The van der Waals surface area contributed by atoms with Crippen molar-refractivity contribution in [1.82, 2.24) is 10.6 Å². The first-order chi connectivity index (χ1) is 11.1. The molecule has 0 aromatic heterocycles. The van der Waals surface area contributed by atoms with Gasteiger partial charge in [0.15, 0.2) is 0 Å². The molecule has 7 nitrogen and oxygen atoms in total. The standard InChI is InChI=1S/C17H25N3O4/c1-11(19-12(2)21)15(22)20-14-8-6-7-13(9-14)10-18-16(23)24-17(3,4)5/h6-9,11H,10H2,1-5H3,(H,18,23)(H,19,21)(H,20,22)/t11-/m1/s1. The van der Waals surface area contributed by atoms with Crippen molar-refractivity contribution in [3.8, 4) is 0 Å². The van der Waals surface area contributed by atoms with Gasteiger partial charge in [0, 0.05) is 19.2 Å². The van der Waals surface area contributed by atoms with E-state index < -0.39 is 17.7 Å². The van der Waals surface area contributed by atoms with Crippen LogP contribution in [0.2, 0.25) is 0 Å². The van der Waals surface area contributed by atoms with Crippen LogP contribution in [-0.4, -0.2) is 29.6 Å². The van der Waals surface area contributed by atoms with Gasteiger partial charge < -0.3 is 20.7 Å². The third kappa shape index (κ3) is 7.62. The minimum atomic E-state index is -0.633. The summed E-state index contributed by atoms with van der Waals surface area (Å²) in [4.78, 5) is 34.6. The summed E-state index contributed by atoms with van der Waals surface area (Å²) in [6.07, 6.45) is -0.504. The molecule has 1 rings (SSSR count). The molecule has 0 aliphatic rings. The fourth-order valence-electron chi connectivity index (χ4n) is 1.87. The molecule has 7 heteroatoms. The van der Waals surface area contributed by atoms with Crippen molar-refractivity contribution in [2.75, 3.05) is 5.32 Å². The van der Waals surface area contributed by atoms with Crippen LogP contribution >= 0.6 is 0 Å². The van der Waals surface area contributed by atoms with E-state index >= 15 is 0 Å². The van der Waals surface area contributed by atoms with Crippen LogP contribution in [0, 0.1) is 0 Å². The quantitative estimate of drug-likeness (QED) is 0.768. The zero-order valence-corrected chi connectivity index (χ0v) is 14.7. The van der Waals surface area contributed by atoms with Gasteiger partial charge in [0.2, 0.25) is 11.8 Å². The van der Waals surface area contributed by atoms with E-state index in [0.29, 0.717) is 5.69 Å². The highest BCUT2D eigenvalue weighted by molar-refractivity contribution is 5.96. The monoisotopic (exact) mass is 335 g/mol. The maximum Gasteiger partial charge on any atom is 0.407 e. The topological polar surface area (TPSA) is 96.5 Å². The lowest BCUT2D eigenvalue weighted by molar-refractivity contribution is -0.124. The molecule has 24 heavy (non-hydrogen) atoms.